The van der Waals surface area contributed by atoms with Crippen molar-refractivity contribution >= 4 is 11.8 Å². The van der Waals surface area contributed by atoms with Gasteiger partial charge in [0, 0.05) is 5.92 Å². The third-order valence-corrected chi connectivity index (χ3v) is 3.10. The summed E-state index contributed by atoms with van der Waals surface area (Å²) in [6.07, 6.45) is 6.45. The lowest BCUT2D eigenvalue weighted by atomic mass is 10.1. The minimum absolute atomic E-state index is 0.796. The van der Waals surface area contributed by atoms with Gasteiger partial charge in [-0.1, -0.05) is 6.08 Å². The minimum Gasteiger partial charge on any atom is -0.501 e. The Morgan fingerprint density at radius 2 is 2.55 bits per heavy atom. The zero-order valence-electron chi connectivity index (χ0n) is 7.08. The molecule has 0 amide bonds. The van der Waals surface area contributed by atoms with E-state index >= 15 is 0 Å². The molecule has 2 heteroatoms. The molecule has 1 rings (SSSR count). The molecule has 0 saturated carbocycles. The standard InChI is InChI=1S/C9H16OS/c1-2-5-10-7-9-4-3-6-11-8-9/h2,5,9H,3-4,6-8H2,1H3/b5-2+. The zero-order valence-corrected chi connectivity index (χ0v) is 7.90. The second-order valence-corrected chi connectivity index (χ2v) is 4.04. The van der Waals surface area contributed by atoms with Crippen LogP contribution in [0.4, 0.5) is 0 Å². The molecule has 1 aliphatic heterocycles. The Morgan fingerprint density at radius 3 is 3.18 bits per heavy atom. The second kappa shape index (κ2) is 5.53. The molecule has 1 saturated heterocycles. The Bertz CT molecular complexity index is 117. The molecular formula is C9H16OS. The SMILES string of the molecule is C/C=C/OCC1CCCSC1. The van der Waals surface area contributed by atoms with Gasteiger partial charge >= 0.3 is 0 Å². The van der Waals surface area contributed by atoms with Gasteiger partial charge in [0.15, 0.2) is 0 Å². The summed E-state index contributed by atoms with van der Waals surface area (Å²) >= 11 is 2.06. The molecule has 0 N–H and O–H groups in total. The lowest BCUT2D eigenvalue weighted by molar-refractivity contribution is 0.197. The molecule has 1 nitrogen and oxygen atoms in total. The number of allylic oxidation sites excluding steroid dienone is 1. The molecule has 1 heterocycles. The highest BCUT2D eigenvalue weighted by Crippen LogP contribution is 2.22. The van der Waals surface area contributed by atoms with Gasteiger partial charge in [0.25, 0.3) is 0 Å². The van der Waals surface area contributed by atoms with E-state index in [1.165, 1.54) is 24.3 Å². The maximum atomic E-state index is 5.33. The van der Waals surface area contributed by atoms with Crippen LogP contribution in [0.25, 0.3) is 0 Å². The molecular weight excluding hydrogens is 156 g/mol. The van der Waals surface area contributed by atoms with Crippen LogP contribution in [0.1, 0.15) is 19.8 Å². The van der Waals surface area contributed by atoms with Gasteiger partial charge in [0.05, 0.1) is 12.9 Å². The highest BCUT2D eigenvalue weighted by atomic mass is 32.2. The number of rotatable bonds is 3. The molecule has 0 spiro atoms. The van der Waals surface area contributed by atoms with E-state index in [0.717, 1.165) is 12.5 Å². The van der Waals surface area contributed by atoms with Crippen LogP contribution in [0, 0.1) is 5.92 Å². The first-order valence-electron chi connectivity index (χ1n) is 4.24. The van der Waals surface area contributed by atoms with E-state index in [0.29, 0.717) is 0 Å². The van der Waals surface area contributed by atoms with Crippen LogP contribution in [0.15, 0.2) is 12.3 Å². The summed E-state index contributed by atoms with van der Waals surface area (Å²) in [6, 6.07) is 0. The van der Waals surface area contributed by atoms with Crippen molar-refractivity contribution in [2.75, 3.05) is 18.1 Å². The first-order chi connectivity index (χ1) is 5.43. The third-order valence-electron chi connectivity index (χ3n) is 1.82. The maximum absolute atomic E-state index is 5.33. The largest absolute Gasteiger partial charge is 0.501 e. The van der Waals surface area contributed by atoms with E-state index in [1.807, 2.05) is 13.0 Å². The van der Waals surface area contributed by atoms with Crippen molar-refractivity contribution in [2.45, 2.75) is 19.8 Å². The van der Waals surface area contributed by atoms with E-state index < -0.39 is 0 Å². The highest BCUT2D eigenvalue weighted by Gasteiger charge is 2.12. The molecule has 0 aromatic rings. The van der Waals surface area contributed by atoms with Gasteiger partial charge in [-0.05, 0) is 31.3 Å². The Balaban J connectivity index is 2.04. The van der Waals surface area contributed by atoms with Crippen LogP contribution in [-0.4, -0.2) is 18.1 Å². The molecule has 1 atom stereocenters. The lowest BCUT2D eigenvalue weighted by Gasteiger charge is -2.20. The Hall–Kier alpha value is -0.110. The highest BCUT2D eigenvalue weighted by molar-refractivity contribution is 7.99. The number of hydrogen-bond acceptors (Lipinski definition) is 2. The van der Waals surface area contributed by atoms with Crippen LogP contribution in [0.3, 0.4) is 0 Å². The van der Waals surface area contributed by atoms with Crippen molar-refractivity contribution in [1.82, 2.24) is 0 Å². The van der Waals surface area contributed by atoms with Gasteiger partial charge in [0.2, 0.25) is 0 Å². The van der Waals surface area contributed by atoms with Crippen LogP contribution >= 0.6 is 11.8 Å². The average Bonchev–Trinajstić information content (AvgIpc) is 2.07. The maximum Gasteiger partial charge on any atom is 0.0909 e. The molecule has 0 aliphatic carbocycles. The van der Waals surface area contributed by atoms with Gasteiger partial charge in [-0.15, -0.1) is 0 Å². The van der Waals surface area contributed by atoms with Gasteiger partial charge in [-0.3, -0.25) is 0 Å². The minimum atomic E-state index is 0.796. The summed E-state index contributed by atoms with van der Waals surface area (Å²) in [6.45, 7) is 2.90. The summed E-state index contributed by atoms with van der Waals surface area (Å²) in [5, 5.41) is 0. The number of thioether (sulfide) groups is 1. The summed E-state index contributed by atoms with van der Waals surface area (Å²) in [5.74, 6) is 3.43. The first-order valence-corrected chi connectivity index (χ1v) is 5.39. The molecule has 0 aromatic heterocycles. The van der Waals surface area contributed by atoms with Crippen LogP contribution in [0.2, 0.25) is 0 Å². The molecule has 1 aliphatic rings. The van der Waals surface area contributed by atoms with Crippen LogP contribution in [-0.2, 0) is 4.74 Å². The lowest BCUT2D eigenvalue weighted by Crippen LogP contribution is -2.15. The summed E-state index contributed by atoms with van der Waals surface area (Å²) in [5.41, 5.74) is 0. The summed E-state index contributed by atoms with van der Waals surface area (Å²) in [7, 11) is 0. The Morgan fingerprint density at radius 1 is 1.64 bits per heavy atom. The molecule has 1 fully saturated rings. The molecule has 0 bridgehead atoms. The first kappa shape index (κ1) is 8.98. The molecule has 11 heavy (non-hydrogen) atoms. The predicted molar refractivity (Wildman–Crippen MR) is 50.8 cm³/mol. The molecule has 64 valence electrons. The fraction of sp³-hybridized carbons (Fsp3) is 0.778. The van der Waals surface area contributed by atoms with E-state index in [2.05, 4.69) is 11.8 Å². The van der Waals surface area contributed by atoms with Crippen molar-refractivity contribution in [1.29, 1.82) is 0 Å². The van der Waals surface area contributed by atoms with Gasteiger partial charge in [0.1, 0.15) is 0 Å². The van der Waals surface area contributed by atoms with Crippen LogP contribution in [0.5, 0.6) is 0 Å². The van der Waals surface area contributed by atoms with E-state index in [1.54, 1.807) is 6.26 Å². The monoisotopic (exact) mass is 172 g/mol. The van der Waals surface area contributed by atoms with E-state index in [9.17, 15) is 0 Å². The fourth-order valence-corrected chi connectivity index (χ4v) is 2.36. The van der Waals surface area contributed by atoms with Crippen molar-refractivity contribution < 1.29 is 4.74 Å². The normalized spacial score (nSPS) is 25.7. The topological polar surface area (TPSA) is 9.23 Å². The van der Waals surface area contributed by atoms with Gasteiger partial charge in [-0.2, -0.15) is 11.8 Å². The molecule has 0 radical (unpaired) electrons. The van der Waals surface area contributed by atoms with E-state index in [4.69, 9.17) is 4.74 Å². The smallest absolute Gasteiger partial charge is 0.0909 e. The summed E-state index contributed by atoms with van der Waals surface area (Å²) in [4.78, 5) is 0. The molecule has 0 aromatic carbocycles. The number of ether oxygens (including phenoxy) is 1. The van der Waals surface area contributed by atoms with Gasteiger partial charge in [-0.25, -0.2) is 0 Å². The fourth-order valence-electron chi connectivity index (χ4n) is 1.23. The Labute approximate surface area is 73.2 Å². The van der Waals surface area contributed by atoms with Gasteiger partial charge < -0.3 is 4.74 Å². The van der Waals surface area contributed by atoms with Crippen molar-refractivity contribution in [2.24, 2.45) is 5.92 Å². The number of hydrogen-bond donors (Lipinski definition) is 0. The van der Waals surface area contributed by atoms with Crippen molar-refractivity contribution in [3.63, 3.8) is 0 Å². The van der Waals surface area contributed by atoms with Crippen LogP contribution < -0.4 is 0 Å². The van der Waals surface area contributed by atoms with Crippen molar-refractivity contribution in [3.8, 4) is 0 Å². The zero-order chi connectivity index (χ0) is 7.94. The quantitative estimate of drug-likeness (QED) is 0.605. The molecule has 1 unspecified atom stereocenters. The average molecular weight is 172 g/mol. The predicted octanol–water partition coefficient (Wildman–Crippen LogP) is 2.68. The third kappa shape index (κ3) is 3.71. The second-order valence-electron chi connectivity index (χ2n) is 2.89. The van der Waals surface area contributed by atoms with Crippen molar-refractivity contribution in [3.05, 3.63) is 12.3 Å². The Kier molecular flexibility index (Phi) is 4.51. The van der Waals surface area contributed by atoms with E-state index in [-0.39, 0.29) is 0 Å². The summed E-state index contributed by atoms with van der Waals surface area (Å²) < 4.78 is 5.33.